The molecule has 25 heavy (non-hydrogen) atoms. The third kappa shape index (κ3) is 4.64. The normalized spacial score (nSPS) is 15.6. The molecule has 6 heteroatoms. The molecule has 1 aliphatic heterocycles. The van der Waals surface area contributed by atoms with Crippen molar-refractivity contribution in [3.05, 3.63) is 75.3 Å². The molecule has 1 aliphatic rings. The van der Waals surface area contributed by atoms with E-state index in [4.69, 9.17) is 0 Å². The average Bonchev–Trinajstić information content (AvgIpc) is 2.63. The Balaban J connectivity index is 1.54. The molecule has 2 aromatic rings. The first kappa shape index (κ1) is 17.1. The quantitative estimate of drug-likeness (QED) is 0.477. The van der Waals surface area contributed by atoms with E-state index >= 15 is 0 Å². The molecule has 2 aromatic carbocycles. The zero-order valence-electron chi connectivity index (χ0n) is 14.3. The van der Waals surface area contributed by atoms with Crippen LogP contribution in [-0.4, -0.2) is 47.2 Å². The highest BCUT2D eigenvalue weighted by Crippen LogP contribution is 2.16. The maximum Gasteiger partial charge on any atom is 0.278 e. The second kappa shape index (κ2) is 7.90. The molecule has 0 aromatic heterocycles. The molecule has 0 bridgehead atoms. The van der Waals surface area contributed by atoms with Crippen LogP contribution in [-0.2, 0) is 6.54 Å². The van der Waals surface area contributed by atoms with Crippen molar-refractivity contribution < 1.29 is 4.92 Å². The molecule has 0 amide bonds. The molecule has 0 spiro atoms. The number of para-hydroxylation sites is 1. The zero-order valence-corrected chi connectivity index (χ0v) is 14.3. The number of hydrogen-bond donors (Lipinski definition) is 0. The van der Waals surface area contributed by atoms with Crippen molar-refractivity contribution >= 4 is 11.9 Å². The fraction of sp³-hybridized carbons (Fsp3) is 0.316. The SMILES string of the molecule is Cc1ccc(CN2CCN(N=Cc3ccccc3[N+](=O)[O-])CC2)cc1. The van der Waals surface area contributed by atoms with E-state index in [2.05, 4.69) is 41.2 Å². The number of hydrazone groups is 1. The van der Waals surface area contributed by atoms with Gasteiger partial charge in [-0.3, -0.25) is 20.0 Å². The Kier molecular flexibility index (Phi) is 5.40. The van der Waals surface area contributed by atoms with Crippen LogP contribution in [0.1, 0.15) is 16.7 Å². The highest BCUT2D eigenvalue weighted by atomic mass is 16.6. The molecular formula is C19H22N4O2. The number of nitrogens with zero attached hydrogens (tertiary/aromatic N) is 4. The van der Waals surface area contributed by atoms with Crippen LogP contribution in [0, 0.1) is 17.0 Å². The van der Waals surface area contributed by atoms with E-state index < -0.39 is 0 Å². The summed E-state index contributed by atoms with van der Waals surface area (Å²) >= 11 is 0. The fourth-order valence-corrected chi connectivity index (χ4v) is 2.87. The van der Waals surface area contributed by atoms with Crippen LogP contribution in [0.4, 0.5) is 5.69 Å². The van der Waals surface area contributed by atoms with Crippen molar-refractivity contribution in [1.82, 2.24) is 9.91 Å². The number of piperazine rings is 1. The smallest absolute Gasteiger partial charge is 0.278 e. The molecular weight excluding hydrogens is 316 g/mol. The Morgan fingerprint density at radius 2 is 1.76 bits per heavy atom. The van der Waals surface area contributed by atoms with Gasteiger partial charge in [0.15, 0.2) is 0 Å². The van der Waals surface area contributed by atoms with Crippen molar-refractivity contribution in [3.63, 3.8) is 0 Å². The first-order valence-electron chi connectivity index (χ1n) is 8.42. The second-order valence-electron chi connectivity index (χ2n) is 6.28. The molecule has 1 heterocycles. The largest absolute Gasteiger partial charge is 0.295 e. The lowest BCUT2D eigenvalue weighted by molar-refractivity contribution is -0.385. The second-order valence-corrected chi connectivity index (χ2v) is 6.28. The van der Waals surface area contributed by atoms with E-state index in [1.807, 2.05) is 5.01 Å². The number of nitro benzene ring substituents is 1. The summed E-state index contributed by atoms with van der Waals surface area (Å²) in [5.74, 6) is 0. The minimum atomic E-state index is -0.374. The van der Waals surface area contributed by atoms with Gasteiger partial charge in [-0.25, -0.2) is 0 Å². The van der Waals surface area contributed by atoms with Crippen LogP contribution in [0.15, 0.2) is 53.6 Å². The molecule has 0 saturated carbocycles. The number of nitro groups is 1. The van der Waals surface area contributed by atoms with E-state index in [0.717, 1.165) is 32.7 Å². The molecule has 0 N–H and O–H groups in total. The Hall–Kier alpha value is -2.73. The van der Waals surface area contributed by atoms with Crippen molar-refractivity contribution in [2.75, 3.05) is 26.2 Å². The summed E-state index contributed by atoms with van der Waals surface area (Å²) < 4.78 is 0. The Morgan fingerprint density at radius 3 is 2.44 bits per heavy atom. The van der Waals surface area contributed by atoms with Gasteiger partial charge in [0, 0.05) is 38.8 Å². The summed E-state index contributed by atoms with van der Waals surface area (Å²) in [5.41, 5.74) is 3.22. The van der Waals surface area contributed by atoms with Gasteiger partial charge in [-0.2, -0.15) is 5.10 Å². The number of rotatable bonds is 5. The molecule has 1 fully saturated rings. The van der Waals surface area contributed by atoms with E-state index in [9.17, 15) is 10.1 Å². The lowest BCUT2D eigenvalue weighted by Gasteiger charge is -2.33. The molecule has 0 atom stereocenters. The predicted octanol–water partition coefficient (Wildman–Crippen LogP) is 3.05. The maximum atomic E-state index is 11.0. The van der Waals surface area contributed by atoms with Gasteiger partial charge in [0.2, 0.25) is 0 Å². The van der Waals surface area contributed by atoms with Gasteiger partial charge in [0.05, 0.1) is 16.7 Å². The average molecular weight is 338 g/mol. The molecule has 3 rings (SSSR count). The summed E-state index contributed by atoms with van der Waals surface area (Å²) in [6, 6.07) is 15.3. The third-order valence-electron chi connectivity index (χ3n) is 4.37. The predicted molar refractivity (Wildman–Crippen MR) is 98.7 cm³/mol. The van der Waals surface area contributed by atoms with Crippen LogP contribution in [0.2, 0.25) is 0 Å². The molecule has 0 unspecified atom stereocenters. The third-order valence-corrected chi connectivity index (χ3v) is 4.37. The van der Waals surface area contributed by atoms with Gasteiger partial charge in [0.25, 0.3) is 5.69 Å². The van der Waals surface area contributed by atoms with E-state index in [1.165, 1.54) is 17.2 Å². The van der Waals surface area contributed by atoms with Crippen LogP contribution in [0.5, 0.6) is 0 Å². The van der Waals surface area contributed by atoms with Crippen molar-refractivity contribution in [3.8, 4) is 0 Å². The van der Waals surface area contributed by atoms with Gasteiger partial charge in [-0.1, -0.05) is 42.0 Å². The molecule has 0 aliphatic carbocycles. The van der Waals surface area contributed by atoms with Gasteiger partial charge in [-0.15, -0.1) is 0 Å². The van der Waals surface area contributed by atoms with E-state index in [0.29, 0.717) is 5.56 Å². The maximum absolute atomic E-state index is 11.0. The van der Waals surface area contributed by atoms with Gasteiger partial charge < -0.3 is 0 Å². The van der Waals surface area contributed by atoms with Crippen molar-refractivity contribution in [1.29, 1.82) is 0 Å². The lowest BCUT2D eigenvalue weighted by Crippen LogP contribution is -2.43. The minimum absolute atomic E-state index is 0.0873. The summed E-state index contributed by atoms with van der Waals surface area (Å²) in [4.78, 5) is 13.1. The number of benzene rings is 2. The fourth-order valence-electron chi connectivity index (χ4n) is 2.87. The molecule has 0 radical (unpaired) electrons. The first-order chi connectivity index (χ1) is 12.1. The number of aryl methyl sites for hydroxylation is 1. The van der Waals surface area contributed by atoms with Gasteiger partial charge >= 0.3 is 0 Å². The van der Waals surface area contributed by atoms with Crippen LogP contribution in [0.3, 0.4) is 0 Å². The van der Waals surface area contributed by atoms with Crippen LogP contribution in [0.25, 0.3) is 0 Å². The Morgan fingerprint density at radius 1 is 1.08 bits per heavy atom. The monoisotopic (exact) mass is 338 g/mol. The van der Waals surface area contributed by atoms with Crippen molar-refractivity contribution in [2.45, 2.75) is 13.5 Å². The Labute approximate surface area is 147 Å². The highest BCUT2D eigenvalue weighted by molar-refractivity contribution is 5.84. The lowest BCUT2D eigenvalue weighted by atomic mass is 10.1. The van der Waals surface area contributed by atoms with Gasteiger partial charge in [-0.05, 0) is 18.6 Å². The summed E-state index contributed by atoms with van der Waals surface area (Å²) in [7, 11) is 0. The van der Waals surface area contributed by atoms with Crippen molar-refractivity contribution in [2.24, 2.45) is 5.10 Å². The Bertz CT molecular complexity index is 750. The molecule has 130 valence electrons. The molecule has 6 nitrogen and oxygen atoms in total. The van der Waals surface area contributed by atoms with E-state index in [-0.39, 0.29) is 10.6 Å². The summed E-state index contributed by atoms with van der Waals surface area (Å²) in [6.45, 7) is 6.55. The first-order valence-corrected chi connectivity index (χ1v) is 8.42. The number of hydrogen-bond acceptors (Lipinski definition) is 5. The topological polar surface area (TPSA) is 62.0 Å². The summed E-state index contributed by atoms with van der Waals surface area (Å²) in [6.07, 6.45) is 1.59. The van der Waals surface area contributed by atoms with Gasteiger partial charge in [0.1, 0.15) is 0 Å². The van der Waals surface area contributed by atoms with Crippen LogP contribution < -0.4 is 0 Å². The summed E-state index contributed by atoms with van der Waals surface area (Å²) in [5, 5.41) is 17.4. The van der Waals surface area contributed by atoms with E-state index in [1.54, 1.807) is 24.4 Å². The standard InChI is InChI=1S/C19H22N4O2/c1-16-6-8-17(9-7-16)15-21-10-12-22(13-11-21)20-14-18-4-2-3-5-19(18)23(24)25/h2-9,14H,10-13,15H2,1H3. The molecule has 1 saturated heterocycles. The highest BCUT2D eigenvalue weighted by Gasteiger charge is 2.16. The van der Waals surface area contributed by atoms with Crippen LogP contribution >= 0.6 is 0 Å². The minimum Gasteiger partial charge on any atom is -0.295 e. The zero-order chi connectivity index (χ0) is 17.6.